The Hall–Kier alpha value is -0.410. The van der Waals surface area contributed by atoms with Crippen LogP contribution in [0, 0.1) is 0 Å². The van der Waals surface area contributed by atoms with Crippen LogP contribution in [0.4, 0.5) is 0 Å². The standard InChI is InChI=1S/C5H6O2.H2S/c6-4-5-2-1-3-7-5;/h1-3,6H,4H2;1H2. The molecule has 0 aromatic carbocycles. The summed E-state index contributed by atoms with van der Waals surface area (Å²) in [5.41, 5.74) is 0. The fraction of sp³-hybridized carbons (Fsp3) is 0.200. The Morgan fingerprint density at radius 3 is 2.62 bits per heavy atom. The zero-order chi connectivity index (χ0) is 5.11. The minimum atomic E-state index is -0.00694. The van der Waals surface area contributed by atoms with Gasteiger partial charge in [-0.3, -0.25) is 0 Å². The highest BCUT2D eigenvalue weighted by Gasteiger charge is 1.85. The van der Waals surface area contributed by atoms with Crippen molar-refractivity contribution in [2.24, 2.45) is 0 Å². The van der Waals surface area contributed by atoms with Gasteiger partial charge in [-0.15, -0.1) is 0 Å². The van der Waals surface area contributed by atoms with Gasteiger partial charge in [-0.05, 0) is 12.1 Å². The maximum Gasteiger partial charge on any atom is 0.129 e. The minimum absolute atomic E-state index is 0. The van der Waals surface area contributed by atoms with Crippen LogP contribution in [0.2, 0.25) is 0 Å². The first-order valence-electron chi connectivity index (χ1n) is 2.06. The molecule has 0 aliphatic heterocycles. The first kappa shape index (κ1) is 7.59. The average molecular weight is 132 g/mol. The van der Waals surface area contributed by atoms with Gasteiger partial charge < -0.3 is 9.52 Å². The summed E-state index contributed by atoms with van der Waals surface area (Å²) in [6.45, 7) is -0.00694. The first-order chi connectivity index (χ1) is 3.43. The molecule has 0 atom stereocenters. The zero-order valence-corrected chi connectivity index (χ0v) is 5.29. The fourth-order valence-corrected chi connectivity index (χ4v) is 0.403. The molecule has 1 heterocycles. The molecule has 0 unspecified atom stereocenters. The van der Waals surface area contributed by atoms with Crippen LogP contribution in [0.3, 0.4) is 0 Å². The van der Waals surface area contributed by atoms with E-state index < -0.39 is 0 Å². The molecule has 0 radical (unpaired) electrons. The molecule has 0 amide bonds. The molecule has 0 saturated carbocycles. The van der Waals surface area contributed by atoms with Gasteiger partial charge >= 0.3 is 0 Å². The predicted molar refractivity (Wildman–Crippen MR) is 35.0 cm³/mol. The molecule has 1 rings (SSSR count). The van der Waals surface area contributed by atoms with Crippen molar-refractivity contribution in [3.8, 4) is 0 Å². The number of aliphatic hydroxyl groups excluding tert-OH is 1. The van der Waals surface area contributed by atoms with Crippen LogP contribution in [0.15, 0.2) is 22.8 Å². The van der Waals surface area contributed by atoms with Gasteiger partial charge in [0.1, 0.15) is 12.4 Å². The minimum Gasteiger partial charge on any atom is -0.467 e. The van der Waals surface area contributed by atoms with E-state index in [1.165, 1.54) is 6.26 Å². The van der Waals surface area contributed by atoms with E-state index in [1.807, 2.05) is 0 Å². The van der Waals surface area contributed by atoms with E-state index in [4.69, 9.17) is 9.52 Å². The van der Waals surface area contributed by atoms with Crippen molar-refractivity contribution in [3.63, 3.8) is 0 Å². The molecule has 8 heavy (non-hydrogen) atoms. The third-order valence-corrected chi connectivity index (χ3v) is 0.736. The van der Waals surface area contributed by atoms with Gasteiger partial charge in [-0.1, -0.05) is 0 Å². The van der Waals surface area contributed by atoms with Gasteiger partial charge in [0.15, 0.2) is 0 Å². The quantitative estimate of drug-likeness (QED) is 0.615. The number of rotatable bonds is 1. The molecule has 0 spiro atoms. The van der Waals surface area contributed by atoms with Crippen LogP contribution < -0.4 is 0 Å². The van der Waals surface area contributed by atoms with Crippen LogP contribution in [0.25, 0.3) is 0 Å². The van der Waals surface area contributed by atoms with Crippen molar-refractivity contribution < 1.29 is 9.52 Å². The molecule has 1 N–H and O–H groups in total. The van der Waals surface area contributed by atoms with Gasteiger partial charge in [0.25, 0.3) is 0 Å². The van der Waals surface area contributed by atoms with E-state index in [2.05, 4.69) is 0 Å². The molecular formula is C5H8O2S. The van der Waals surface area contributed by atoms with Crippen molar-refractivity contribution in [1.29, 1.82) is 0 Å². The molecular weight excluding hydrogens is 124 g/mol. The number of hydrogen-bond donors (Lipinski definition) is 1. The third-order valence-electron chi connectivity index (χ3n) is 0.736. The van der Waals surface area contributed by atoms with E-state index in [0.717, 1.165) is 0 Å². The topological polar surface area (TPSA) is 33.4 Å². The van der Waals surface area contributed by atoms with Gasteiger partial charge in [0.2, 0.25) is 0 Å². The molecule has 1 aromatic heterocycles. The molecule has 0 saturated heterocycles. The summed E-state index contributed by atoms with van der Waals surface area (Å²) in [5, 5.41) is 8.33. The molecule has 2 nitrogen and oxygen atoms in total. The maximum atomic E-state index is 8.33. The lowest BCUT2D eigenvalue weighted by Crippen LogP contribution is -1.72. The van der Waals surface area contributed by atoms with E-state index >= 15 is 0 Å². The number of hydrogen-bond acceptors (Lipinski definition) is 2. The Kier molecular flexibility index (Phi) is 3.39. The lowest BCUT2D eigenvalue weighted by atomic mass is 10.5. The first-order valence-corrected chi connectivity index (χ1v) is 2.06. The highest BCUT2D eigenvalue weighted by atomic mass is 32.1. The highest BCUT2D eigenvalue weighted by Crippen LogP contribution is 1.96. The molecule has 0 fully saturated rings. The second-order valence-corrected chi connectivity index (χ2v) is 1.24. The maximum absolute atomic E-state index is 8.33. The van der Waals surface area contributed by atoms with Gasteiger partial charge in [-0.2, -0.15) is 13.5 Å². The van der Waals surface area contributed by atoms with Crippen molar-refractivity contribution in [2.75, 3.05) is 0 Å². The normalized spacial score (nSPS) is 8.12. The molecule has 0 aliphatic carbocycles. The summed E-state index contributed by atoms with van der Waals surface area (Å²) in [7, 11) is 0. The molecule has 0 aliphatic rings. The van der Waals surface area contributed by atoms with Crippen LogP contribution in [0.5, 0.6) is 0 Å². The average Bonchev–Trinajstić information content (AvgIpc) is 2.14. The summed E-state index contributed by atoms with van der Waals surface area (Å²) in [6.07, 6.45) is 1.53. The van der Waals surface area contributed by atoms with Crippen molar-refractivity contribution >= 4 is 13.5 Å². The Bertz CT molecular complexity index is 125. The van der Waals surface area contributed by atoms with E-state index in [1.54, 1.807) is 12.1 Å². The number of furan rings is 1. The van der Waals surface area contributed by atoms with E-state index in [0.29, 0.717) is 5.76 Å². The van der Waals surface area contributed by atoms with Crippen molar-refractivity contribution in [2.45, 2.75) is 6.61 Å². The van der Waals surface area contributed by atoms with Crippen LogP contribution in [0.1, 0.15) is 5.76 Å². The molecule has 3 heteroatoms. The Labute approximate surface area is 54.6 Å². The number of aliphatic hydroxyl groups is 1. The van der Waals surface area contributed by atoms with E-state index in [9.17, 15) is 0 Å². The van der Waals surface area contributed by atoms with Gasteiger partial charge in [0, 0.05) is 0 Å². The Morgan fingerprint density at radius 2 is 2.38 bits per heavy atom. The fourth-order valence-electron chi connectivity index (χ4n) is 0.403. The van der Waals surface area contributed by atoms with Gasteiger partial charge in [0.05, 0.1) is 6.26 Å². The zero-order valence-electron chi connectivity index (χ0n) is 4.29. The monoisotopic (exact) mass is 132 g/mol. The summed E-state index contributed by atoms with van der Waals surface area (Å²) in [6, 6.07) is 3.46. The molecule has 1 aromatic rings. The Balaban J connectivity index is 0.000000490. The second-order valence-electron chi connectivity index (χ2n) is 1.24. The predicted octanol–water partition coefficient (Wildman–Crippen LogP) is 0.885. The summed E-state index contributed by atoms with van der Waals surface area (Å²) in [4.78, 5) is 0. The van der Waals surface area contributed by atoms with Crippen molar-refractivity contribution in [1.82, 2.24) is 0 Å². The summed E-state index contributed by atoms with van der Waals surface area (Å²) in [5.74, 6) is 0.611. The smallest absolute Gasteiger partial charge is 0.129 e. The van der Waals surface area contributed by atoms with Crippen LogP contribution in [-0.4, -0.2) is 5.11 Å². The molecule has 0 bridgehead atoms. The van der Waals surface area contributed by atoms with E-state index in [-0.39, 0.29) is 20.1 Å². The highest BCUT2D eigenvalue weighted by molar-refractivity contribution is 7.59. The second kappa shape index (κ2) is 3.57. The largest absolute Gasteiger partial charge is 0.467 e. The van der Waals surface area contributed by atoms with Crippen LogP contribution in [-0.2, 0) is 6.61 Å². The summed E-state index contributed by atoms with van der Waals surface area (Å²) >= 11 is 0. The van der Waals surface area contributed by atoms with Gasteiger partial charge in [-0.25, -0.2) is 0 Å². The SMILES string of the molecule is OCc1ccco1.S. The summed E-state index contributed by atoms with van der Waals surface area (Å²) < 4.78 is 4.73. The third kappa shape index (κ3) is 1.60. The van der Waals surface area contributed by atoms with Crippen molar-refractivity contribution in [3.05, 3.63) is 24.2 Å². The van der Waals surface area contributed by atoms with Crippen LogP contribution >= 0.6 is 13.5 Å². The lowest BCUT2D eigenvalue weighted by Gasteiger charge is -1.79. The lowest BCUT2D eigenvalue weighted by molar-refractivity contribution is 0.247. The Morgan fingerprint density at radius 1 is 1.62 bits per heavy atom. The molecule has 46 valence electrons.